The molecule has 0 bridgehead atoms. The summed E-state index contributed by atoms with van der Waals surface area (Å²) >= 11 is 0. The minimum absolute atomic E-state index is 0.0881. The molecule has 2 N–H and O–H groups in total. The van der Waals surface area contributed by atoms with Gasteiger partial charge < -0.3 is 15.4 Å². The van der Waals surface area contributed by atoms with E-state index in [1.165, 1.54) is 6.42 Å². The molecule has 2 rings (SSSR count). The molecule has 1 atom stereocenters. The number of hydrogen-bond acceptors (Lipinski definition) is 4. The molecule has 0 aromatic carbocycles. The Labute approximate surface area is 107 Å². The van der Waals surface area contributed by atoms with Crippen LogP contribution >= 0.6 is 0 Å². The van der Waals surface area contributed by atoms with Crippen LogP contribution in [0.5, 0.6) is 5.88 Å². The predicted octanol–water partition coefficient (Wildman–Crippen LogP) is 0.848. The number of hydrogen-bond donors (Lipinski definition) is 2. The summed E-state index contributed by atoms with van der Waals surface area (Å²) in [5.41, 5.74) is 0.995. The van der Waals surface area contributed by atoms with E-state index >= 15 is 0 Å². The van der Waals surface area contributed by atoms with Gasteiger partial charge in [0.25, 0.3) is 0 Å². The van der Waals surface area contributed by atoms with Crippen molar-refractivity contribution in [3.63, 3.8) is 0 Å². The first-order valence-corrected chi connectivity index (χ1v) is 6.27. The van der Waals surface area contributed by atoms with Crippen LogP contribution in [-0.4, -0.2) is 30.6 Å². The number of aromatic nitrogens is 1. The van der Waals surface area contributed by atoms with Gasteiger partial charge in [-0.2, -0.15) is 0 Å². The standard InChI is InChI=1S/C13H19N3O2/c1-18-13-7-10(4-6-15-13)9-16-12(17)8-11-3-2-5-14-11/h4,6-7,11,14H,2-3,5,8-9H2,1H3,(H,16,17). The van der Waals surface area contributed by atoms with Crippen molar-refractivity contribution in [1.29, 1.82) is 0 Å². The molecule has 0 aliphatic carbocycles. The number of nitrogens with zero attached hydrogens (tertiary/aromatic N) is 1. The summed E-state index contributed by atoms with van der Waals surface area (Å²) in [7, 11) is 1.58. The van der Waals surface area contributed by atoms with Crippen molar-refractivity contribution in [2.45, 2.75) is 31.8 Å². The van der Waals surface area contributed by atoms with E-state index in [1.54, 1.807) is 13.3 Å². The van der Waals surface area contributed by atoms with Crippen LogP contribution < -0.4 is 15.4 Å². The number of nitrogens with one attached hydrogen (secondary N) is 2. The van der Waals surface area contributed by atoms with Crippen LogP contribution in [0.4, 0.5) is 0 Å². The molecule has 1 aromatic rings. The molecule has 0 saturated carbocycles. The molecular formula is C13H19N3O2. The molecule has 0 spiro atoms. The van der Waals surface area contributed by atoms with E-state index in [0.29, 0.717) is 24.9 Å². The summed E-state index contributed by atoms with van der Waals surface area (Å²) in [6, 6.07) is 4.04. The first-order valence-electron chi connectivity index (χ1n) is 6.27. The Bertz CT molecular complexity index is 403. The van der Waals surface area contributed by atoms with Crippen LogP contribution in [0.3, 0.4) is 0 Å². The Morgan fingerprint density at radius 3 is 3.28 bits per heavy atom. The highest BCUT2D eigenvalue weighted by molar-refractivity contribution is 5.76. The number of pyridine rings is 1. The minimum atomic E-state index is 0.0881. The lowest BCUT2D eigenvalue weighted by Crippen LogP contribution is -2.31. The quantitative estimate of drug-likeness (QED) is 0.812. The number of rotatable bonds is 5. The van der Waals surface area contributed by atoms with E-state index in [9.17, 15) is 4.79 Å². The Balaban J connectivity index is 1.77. The lowest BCUT2D eigenvalue weighted by Gasteiger charge is -2.10. The molecule has 2 heterocycles. The zero-order valence-corrected chi connectivity index (χ0v) is 10.6. The van der Waals surface area contributed by atoms with E-state index in [-0.39, 0.29) is 5.91 Å². The maximum absolute atomic E-state index is 11.7. The van der Waals surface area contributed by atoms with Crippen LogP contribution in [0.25, 0.3) is 0 Å². The minimum Gasteiger partial charge on any atom is -0.481 e. The molecule has 1 aromatic heterocycles. The van der Waals surface area contributed by atoms with Gasteiger partial charge in [-0.1, -0.05) is 0 Å². The van der Waals surface area contributed by atoms with Crippen LogP contribution in [0, 0.1) is 0 Å². The van der Waals surface area contributed by atoms with E-state index in [4.69, 9.17) is 4.74 Å². The molecule has 1 saturated heterocycles. The SMILES string of the molecule is COc1cc(CNC(=O)CC2CCCN2)ccn1. The number of amides is 1. The summed E-state index contributed by atoms with van der Waals surface area (Å²) in [6.07, 6.45) is 4.50. The molecule has 98 valence electrons. The number of carbonyl (C=O) groups excluding carboxylic acids is 1. The maximum atomic E-state index is 11.7. The average molecular weight is 249 g/mol. The lowest BCUT2D eigenvalue weighted by molar-refractivity contribution is -0.121. The van der Waals surface area contributed by atoms with Crippen molar-refractivity contribution in [3.8, 4) is 5.88 Å². The monoisotopic (exact) mass is 249 g/mol. The first kappa shape index (κ1) is 12.8. The van der Waals surface area contributed by atoms with E-state index in [2.05, 4.69) is 15.6 Å². The maximum Gasteiger partial charge on any atom is 0.221 e. The Kier molecular flexibility index (Phi) is 4.52. The zero-order chi connectivity index (χ0) is 12.8. The molecule has 0 radical (unpaired) electrons. The third-order valence-corrected chi connectivity index (χ3v) is 3.09. The fourth-order valence-electron chi connectivity index (χ4n) is 2.10. The second-order valence-electron chi connectivity index (χ2n) is 4.48. The van der Waals surface area contributed by atoms with Gasteiger partial charge >= 0.3 is 0 Å². The van der Waals surface area contributed by atoms with Gasteiger partial charge in [-0.25, -0.2) is 4.98 Å². The molecule has 1 fully saturated rings. The van der Waals surface area contributed by atoms with Crippen molar-refractivity contribution in [2.75, 3.05) is 13.7 Å². The second-order valence-corrected chi connectivity index (χ2v) is 4.48. The molecule has 5 nitrogen and oxygen atoms in total. The lowest BCUT2D eigenvalue weighted by atomic mass is 10.1. The Morgan fingerprint density at radius 1 is 1.67 bits per heavy atom. The van der Waals surface area contributed by atoms with Crippen molar-refractivity contribution in [1.82, 2.24) is 15.6 Å². The highest BCUT2D eigenvalue weighted by atomic mass is 16.5. The molecule has 1 aliphatic heterocycles. The van der Waals surface area contributed by atoms with E-state index in [0.717, 1.165) is 18.5 Å². The van der Waals surface area contributed by atoms with Crippen molar-refractivity contribution in [2.24, 2.45) is 0 Å². The molecule has 1 aliphatic rings. The fraction of sp³-hybridized carbons (Fsp3) is 0.538. The first-order chi connectivity index (χ1) is 8.78. The summed E-state index contributed by atoms with van der Waals surface area (Å²) in [5.74, 6) is 0.657. The highest BCUT2D eigenvalue weighted by Crippen LogP contribution is 2.10. The molecule has 18 heavy (non-hydrogen) atoms. The van der Waals surface area contributed by atoms with Gasteiger partial charge in [0.2, 0.25) is 11.8 Å². The van der Waals surface area contributed by atoms with Gasteiger partial charge in [0, 0.05) is 31.3 Å². The molecule has 1 unspecified atom stereocenters. The van der Waals surface area contributed by atoms with Crippen LogP contribution in [0.1, 0.15) is 24.8 Å². The summed E-state index contributed by atoms with van der Waals surface area (Å²) in [4.78, 5) is 15.8. The second kappa shape index (κ2) is 6.35. The topological polar surface area (TPSA) is 63.2 Å². The predicted molar refractivity (Wildman–Crippen MR) is 68.3 cm³/mol. The Morgan fingerprint density at radius 2 is 2.56 bits per heavy atom. The summed E-state index contributed by atoms with van der Waals surface area (Å²) < 4.78 is 5.04. The van der Waals surface area contributed by atoms with E-state index in [1.807, 2.05) is 12.1 Å². The van der Waals surface area contributed by atoms with E-state index < -0.39 is 0 Å². The van der Waals surface area contributed by atoms with Gasteiger partial charge in [0.05, 0.1) is 7.11 Å². The van der Waals surface area contributed by atoms with Gasteiger partial charge in [-0.05, 0) is 31.0 Å². The molecule has 5 heteroatoms. The van der Waals surface area contributed by atoms with Crippen LogP contribution in [0.2, 0.25) is 0 Å². The number of carbonyl (C=O) groups is 1. The highest BCUT2D eigenvalue weighted by Gasteiger charge is 2.17. The van der Waals surface area contributed by atoms with Crippen LogP contribution in [0.15, 0.2) is 18.3 Å². The molecular weight excluding hydrogens is 230 g/mol. The number of ether oxygens (including phenoxy) is 1. The van der Waals surface area contributed by atoms with Gasteiger partial charge in [0.15, 0.2) is 0 Å². The summed E-state index contributed by atoms with van der Waals surface area (Å²) in [5, 5.41) is 6.23. The smallest absolute Gasteiger partial charge is 0.221 e. The largest absolute Gasteiger partial charge is 0.481 e. The fourth-order valence-corrected chi connectivity index (χ4v) is 2.10. The molecule has 1 amide bonds. The Hall–Kier alpha value is -1.62. The van der Waals surface area contributed by atoms with Gasteiger partial charge in [0.1, 0.15) is 0 Å². The van der Waals surface area contributed by atoms with Gasteiger partial charge in [-0.3, -0.25) is 4.79 Å². The normalized spacial score (nSPS) is 18.6. The summed E-state index contributed by atoms with van der Waals surface area (Å²) in [6.45, 7) is 1.55. The average Bonchev–Trinajstić information content (AvgIpc) is 2.89. The third kappa shape index (κ3) is 3.70. The third-order valence-electron chi connectivity index (χ3n) is 3.09. The van der Waals surface area contributed by atoms with Crippen molar-refractivity contribution in [3.05, 3.63) is 23.9 Å². The number of methoxy groups -OCH3 is 1. The van der Waals surface area contributed by atoms with Gasteiger partial charge in [-0.15, -0.1) is 0 Å². The zero-order valence-electron chi connectivity index (χ0n) is 10.6. The van der Waals surface area contributed by atoms with Crippen molar-refractivity contribution < 1.29 is 9.53 Å². The van der Waals surface area contributed by atoms with Crippen molar-refractivity contribution >= 4 is 5.91 Å². The van der Waals surface area contributed by atoms with Crippen LogP contribution in [-0.2, 0) is 11.3 Å².